The first kappa shape index (κ1) is 11.6. The standard InChI is InChI=1S/C14H14Cl2O/c15-10-3-4-13(16)12(7-10)14(17)11-6-8-1-2-9(11)5-8/h3-4,7-9,11H,1-2,5-6H2. The number of rotatable bonds is 2. The summed E-state index contributed by atoms with van der Waals surface area (Å²) in [7, 11) is 0. The van der Waals surface area contributed by atoms with Gasteiger partial charge in [-0.25, -0.2) is 0 Å². The molecule has 0 heterocycles. The van der Waals surface area contributed by atoms with Gasteiger partial charge >= 0.3 is 0 Å². The van der Waals surface area contributed by atoms with Crippen LogP contribution in [0.1, 0.15) is 36.0 Å². The number of carbonyl (C=O) groups is 1. The van der Waals surface area contributed by atoms with E-state index in [1.807, 2.05) is 0 Å². The molecule has 2 fully saturated rings. The van der Waals surface area contributed by atoms with Gasteiger partial charge < -0.3 is 0 Å². The Balaban J connectivity index is 1.89. The number of hydrogen-bond donors (Lipinski definition) is 0. The molecule has 2 bridgehead atoms. The smallest absolute Gasteiger partial charge is 0.167 e. The van der Waals surface area contributed by atoms with Gasteiger partial charge in [0, 0.05) is 16.5 Å². The summed E-state index contributed by atoms with van der Waals surface area (Å²) < 4.78 is 0. The minimum absolute atomic E-state index is 0.185. The molecule has 2 saturated carbocycles. The molecule has 90 valence electrons. The van der Waals surface area contributed by atoms with Crippen LogP contribution in [0.3, 0.4) is 0 Å². The first-order chi connectivity index (χ1) is 8.15. The number of fused-ring (bicyclic) bond motifs is 2. The van der Waals surface area contributed by atoms with E-state index in [-0.39, 0.29) is 11.7 Å². The molecule has 0 aliphatic heterocycles. The van der Waals surface area contributed by atoms with Crippen molar-refractivity contribution in [2.75, 3.05) is 0 Å². The molecular formula is C14H14Cl2O. The number of Topliss-reactive ketones (excluding diaryl/α,β-unsaturated/α-hetero) is 1. The van der Waals surface area contributed by atoms with Gasteiger partial charge in [0.15, 0.2) is 5.78 Å². The van der Waals surface area contributed by atoms with Crippen LogP contribution in [0.4, 0.5) is 0 Å². The summed E-state index contributed by atoms with van der Waals surface area (Å²) in [5.74, 6) is 1.74. The van der Waals surface area contributed by atoms with E-state index in [4.69, 9.17) is 23.2 Å². The molecule has 3 heteroatoms. The lowest BCUT2D eigenvalue weighted by molar-refractivity contribution is 0.0875. The Bertz CT molecular complexity index is 469. The number of halogens is 2. The second kappa shape index (κ2) is 4.29. The molecule has 3 atom stereocenters. The van der Waals surface area contributed by atoms with Gasteiger partial charge in [0.05, 0.1) is 5.02 Å². The summed E-state index contributed by atoms with van der Waals surface area (Å²) in [6.07, 6.45) is 4.79. The molecule has 3 rings (SSSR count). The number of benzene rings is 1. The quantitative estimate of drug-likeness (QED) is 0.716. The van der Waals surface area contributed by atoms with Gasteiger partial charge in [-0.3, -0.25) is 4.79 Å². The van der Waals surface area contributed by atoms with Crippen LogP contribution in [-0.2, 0) is 0 Å². The normalized spacial score (nSPS) is 30.8. The molecule has 1 aromatic rings. The molecule has 0 aromatic heterocycles. The van der Waals surface area contributed by atoms with Crippen LogP contribution >= 0.6 is 23.2 Å². The average molecular weight is 269 g/mol. The number of ketones is 1. The fourth-order valence-electron chi connectivity index (χ4n) is 3.45. The molecule has 17 heavy (non-hydrogen) atoms. The maximum atomic E-state index is 12.5. The zero-order chi connectivity index (χ0) is 12.0. The summed E-state index contributed by atoms with van der Waals surface area (Å²) in [4.78, 5) is 12.5. The van der Waals surface area contributed by atoms with E-state index in [2.05, 4.69) is 0 Å². The van der Waals surface area contributed by atoms with Gasteiger partial charge in [-0.2, -0.15) is 0 Å². The third-order valence-electron chi connectivity index (χ3n) is 4.27. The third kappa shape index (κ3) is 2.00. The van der Waals surface area contributed by atoms with E-state index in [1.165, 1.54) is 19.3 Å². The molecular weight excluding hydrogens is 255 g/mol. The fourth-order valence-corrected chi connectivity index (χ4v) is 3.83. The highest BCUT2D eigenvalue weighted by Crippen LogP contribution is 2.49. The van der Waals surface area contributed by atoms with Crippen molar-refractivity contribution in [3.05, 3.63) is 33.8 Å². The molecule has 2 aliphatic carbocycles. The van der Waals surface area contributed by atoms with Gasteiger partial charge in [0.1, 0.15) is 0 Å². The van der Waals surface area contributed by atoms with Crippen molar-refractivity contribution in [2.24, 2.45) is 17.8 Å². The van der Waals surface area contributed by atoms with E-state index >= 15 is 0 Å². The van der Waals surface area contributed by atoms with E-state index in [1.54, 1.807) is 18.2 Å². The van der Waals surface area contributed by atoms with Crippen molar-refractivity contribution in [1.82, 2.24) is 0 Å². The van der Waals surface area contributed by atoms with E-state index in [0.29, 0.717) is 21.5 Å². The largest absolute Gasteiger partial charge is 0.294 e. The maximum absolute atomic E-state index is 12.5. The van der Waals surface area contributed by atoms with Crippen molar-refractivity contribution in [1.29, 1.82) is 0 Å². The highest BCUT2D eigenvalue weighted by Gasteiger charge is 2.43. The van der Waals surface area contributed by atoms with E-state index in [0.717, 1.165) is 12.3 Å². The second-order valence-corrected chi connectivity index (χ2v) is 6.11. The molecule has 3 unspecified atom stereocenters. The van der Waals surface area contributed by atoms with Crippen LogP contribution in [0, 0.1) is 17.8 Å². The lowest BCUT2D eigenvalue weighted by atomic mass is 9.83. The van der Waals surface area contributed by atoms with Crippen LogP contribution in [0.15, 0.2) is 18.2 Å². The maximum Gasteiger partial charge on any atom is 0.167 e. The molecule has 0 N–H and O–H groups in total. The Hall–Kier alpha value is -0.530. The van der Waals surface area contributed by atoms with Crippen molar-refractivity contribution in [3.8, 4) is 0 Å². The van der Waals surface area contributed by atoms with Crippen LogP contribution < -0.4 is 0 Å². The predicted molar refractivity (Wildman–Crippen MR) is 69.7 cm³/mol. The predicted octanol–water partition coefficient (Wildman–Crippen LogP) is 4.61. The lowest BCUT2D eigenvalue weighted by Gasteiger charge is -2.20. The fraction of sp³-hybridized carbons (Fsp3) is 0.500. The van der Waals surface area contributed by atoms with Crippen LogP contribution in [0.25, 0.3) is 0 Å². The molecule has 0 radical (unpaired) electrons. The van der Waals surface area contributed by atoms with Crippen molar-refractivity contribution in [2.45, 2.75) is 25.7 Å². The zero-order valence-corrected chi connectivity index (χ0v) is 11.0. The Labute approximate surface area is 111 Å². The second-order valence-electron chi connectivity index (χ2n) is 5.27. The summed E-state index contributed by atoms with van der Waals surface area (Å²) in [5, 5.41) is 1.11. The van der Waals surface area contributed by atoms with Gasteiger partial charge in [0.2, 0.25) is 0 Å². The third-order valence-corrected chi connectivity index (χ3v) is 4.83. The van der Waals surface area contributed by atoms with Crippen molar-refractivity contribution >= 4 is 29.0 Å². The monoisotopic (exact) mass is 268 g/mol. The van der Waals surface area contributed by atoms with Gasteiger partial charge in [0.25, 0.3) is 0 Å². The van der Waals surface area contributed by atoms with E-state index in [9.17, 15) is 4.79 Å². The molecule has 0 spiro atoms. The first-order valence-electron chi connectivity index (χ1n) is 6.14. The Kier molecular flexibility index (Phi) is 2.92. The summed E-state index contributed by atoms with van der Waals surface area (Å²) in [6.45, 7) is 0. The summed E-state index contributed by atoms with van der Waals surface area (Å²) in [6, 6.07) is 5.14. The SMILES string of the molecule is O=C(c1cc(Cl)ccc1Cl)C1CC2CCC1C2. The highest BCUT2D eigenvalue weighted by atomic mass is 35.5. The molecule has 0 saturated heterocycles. The summed E-state index contributed by atoms with van der Waals surface area (Å²) in [5.41, 5.74) is 0.608. The minimum Gasteiger partial charge on any atom is -0.294 e. The van der Waals surface area contributed by atoms with Crippen LogP contribution in [-0.4, -0.2) is 5.78 Å². The Morgan fingerprint density at radius 3 is 2.65 bits per heavy atom. The minimum atomic E-state index is 0.185. The van der Waals surface area contributed by atoms with Gasteiger partial charge in [-0.15, -0.1) is 0 Å². The Morgan fingerprint density at radius 2 is 2.00 bits per heavy atom. The van der Waals surface area contributed by atoms with E-state index < -0.39 is 0 Å². The average Bonchev–Trinajstić information content (AvgIpc) is 2.93. The number of hydrogen-bond acceptors (Lipinski definition) is 1. The zero-order valence-electron chi connectivity index (χ0n) is 9.46. The first-order valence-corrected chi connectivity index (χ1v) is 6.90. The molecule has 0 amide bonds. The van der Waals surface area contributed by atoms with Crippen molar-refractivity contribution < 1.29 is 4.79 Å². The van der Waals surface area contributed by atoms with Gasteiger partial charge in [-0.05, 0) is 49.3 Å². The Morgan fingerprint density at radius 1 is 1.18 bits per heavy atom. The van der Waals surface area contributed by atoms with Crippen LogP contribution in [0.2, 0.25) is 10.0 Å². The lowest BCUT2D eigenvalue weighted by Crippen LogP contribution is -2.21. The van der Waals surface area contributed by atoms with Crippen molar-refractivity contribution in [3.63, 3.8) is 0 Å². The van der Waals surface area contributed by atoms with Crippen LogP contribution in [0.5, 0.6) is 0 Å². The number of carbonyl (C=O) groups excluding carboxylic acids is 1. The molecule has 1 nitrogen and oxygen atoms in total. The highest BCUT2D eigenvalue weighted by molar-refractivity contribution is 6.36. The summed E-state index contributed by atoms with van der Waals surface area (Å²) >= 11 is 12.0. The van der Waals surface area contributed by atoms with Gasteiger partial charge in [-0.1, -0.05) is 29.6 Å². The topological polar surface area (TPSA) is 17.1 Å². The molecule has 1 aromatic carbocycles. The molecule has 2 aliphatic rings.